The van der Waals surface area contributed by atoms with Crippen LogP contribution in [-0.2, 0) is 58.2 Å². The first-order chi connectivity index (χ1) is 20.5. The second-order valence-corrected chi connectivity index (χ2v) is 11.2. The standard InChI is InChI=1S/C25H14N.C15H16N.B.Ir.Y/c1-2-9-23-18(6-1)11-12-19-13-14-21(17-24(19)23)20-7-5-8-22(16-20)25-10-3-4-15-26-25;1-15(2,3)13-9-10-16-14(11-13)12-7-5-4-6-8-12;;;/h1-7,9-15H;4-7,9-11H,1-3H3;;;/q-3;-1;;;. The molecule has 0 saturated heterocycles. The van der Waals surface area contributed by atoms with Gasteiger partial charge in [0, 0.05) is 73.6 Å². The van der Waals surface area contributed by atoms with Crippen LogP contribution in [0.15, 0.2) is 128 Å². The summed E-state index contributed by atoms with van der Waals surface area (Å²) in [4.78, 5) is 8.79. The number of pyridine rings is 2. The Balaban J connectivity index is 0.000000254. The molecule has 0 aliphatic rings. The van der Waals surface area contributed by atoms with E-state index in [0.717, 1.165) is 39.0 Å². The fraction of sp³-hybridized carbons (Fsp3) is 0.100. The maximum atomic E-state index is 4.40. The van der Waals surface area contributed by atoms with Crippen LogP contribution in [0, 0.1) is 24.3 Å². The van der Waals surface area contributed by atoms with Crippen LogP contribution in [-0.4, -0.2) is 18.4 Å². The summed E-state index contributed by atoms with van der Waals surface area (Å²) in [5, 5.41) is 4.79. The predicted octanol–water partition coefficient (Wildman–Crippen LogP) is 9.58. The van der Waals surface area contributed by atoms with Crippen molar-refractivity contribution < 1.29 is 52.8 Å². The first-order valence-corrected chi connectivity index (χ1v) is 14.1. The van der Waals surface area contributed by atoms with Gasteiger partial charge in [-0.25, -0.2) is 6.07 Å². The molecule has 0 aliphatic carbocycles. The Bertz CT molecular complexity index is 1970. The average molecular weight is 831 g/mol. The molecule has 5 heteroatoms. The average Bonchev–Trinajstić information content (AvgIpc) is 3.05. The van der Waals surface area contributed by atoms with E-state index in [0.29, 0.717) is 0 Å². The van der Waals surface area contributed by atoms with Gasteiger partial charge in [-0.1, -0.05) is 91.2 Å². The van der Waals surface area contributed by atoms with Crippen molar-refractivity contribution in [2.24, 2.45) is 0 Å². The molecule has 0 amide bonds. The molecule has 0 fully saturated rings. The van der Waals surface area contributed by atoms with Gasteiger partial charge in [-0.15, -0.1) is 65.5 Å². The van der Waals surface area contributed by atoms with Gasteiger partial charge in [0.05, 0.1) is 0 Å². The van der Waals surface area contributed by atoms with Crippen LogP contribution in [0.25, 0.3) is 55.2 Å². The molecule has 7 aromatic rings. The van der Waals surface area contributed by atoms with Crippen molar-refractivity contribution in [3.63, 3.8) is 0 Å². The zero-order valence-electron chi connectivity index (χ0n) is 25.5. The van der Waals surface area contributed by atoms with Gasteiger partial charge in [-0.2, -0.15) is 5.56 Å². The van der Waals surface area contributed by atoms with E-state index in [1.807, 2.05) is 60.8 Å². The number of benzene rings is 5. The van der Waals surface area contributed by atoms with Crippen LogP contribution in [0.2, 0.25) is 0 Å². The molecule has 7 rings (SSSR count). The Labute approximate surface area is 307 Å². The SMILES string of the molecule is CC(C)(C)c1ccnc(-c2[c-]cccc2)c1.[B].[Ir].[Y].[c-]1ccc(-c2[c-]c3c(cc2)ccc2ccccc23)[c-]c1-c1ccccn1. The summed E-state index contributed by atoms with van der Waals surface area (Å²) in [6.07, 6.45) is 3.66. The van der Waals surface area contributed by atoms with E-state index in [2.05, 4.69) is 116 Å². The van der Waals surface area contributed by atoms with E-state index >= 15 is 0 Å². The van der Waals surface area contributed by atoms with Crippen molar-refractivity contribution in [2.45, 2.75) is 26.2 Å². The van der Waals surface area contributed by atoms with Crippen molar-refractivity contribution in [3.05, 3.63) is 157 Å². The Morgan fingerprint density at radius 3 is 2.04 bits per heavy atom. The molecule has 0 spiro atoms. The van der Waals surface area contributed by atoms with Gasteiger partial charge >= 0.3 is 0 Å². The quantitative estimate of drug-likeness (QED) is 0.101. The van der Waals surface area contributed by atoms with E-state index in [-0.39, 0.29) is 66.6 Å². The van der Waals surface area contributed by atoms with Crippen molar-refractivity contribution in [1.29, 1.82) is 0 Å². The molecule has 219 valence electrons. The molecule has 2 nitrogen and oxygen atoms in total. The van der Waals surface area contributed by atoms with Gasteiger partial charge in [-0.3, -0.25) is 23.3 Å². The van der Waals surface area contributed by atoms with E-state index in [1.165, 1.54) is 21.7 Å². The van der Waals surface area contributed by atoms with Crippen LogP contribution in [0.5, 0.6) is 0 Å². The molecule has 0 bridgehead atoms. The largest absolute Gasteiger partial charge is 0.352 e. The monoisotopic (exact) mass is 831 g/mol. The minimum atomic E-state index is 0. The van der Waals surface area contributed by atoms with Gasteiger partial charge in [0.15, 0.2) is 0 Å². The van der Waals surface area contributed by atoms with E-state index < -0.39 is 0 Å². The maximum absolute atomic E-state index is 4.40. The first-order valence-electron chi connectivity index (χ1n) is 14.1. The van der Waals surface area contributed by atoms with Crippen molar-refractivity contribution in [3.8, 4) is 33.6 Å². The number of aromatic nitrogens is 2. The summed E-state index contributed by atoms with van der Waals surface area (Å²) in [5.41, 5.74) is 7.28. The third-order valence-electron chi connectivity index (χ3n) is 7.21. The first kappa shape index (κ1) is 36.2. The van der Waals surface area contributed by atoms with Crippen LogP contribution in [0.3, 0.4) is 0 Å². The molecule has 2 heterocycles. The summed E-state index contributed by atoms with van der Waals surface area (Å²) in [5.74, 6) is 0. The van der Waals surface area contributed by atoms with Gasteiger partial charge in [-0.05, 0) is 28.8 Å². The number of hydrogen-bond donors (Lipinski definition) is 0. The minimum Gasteiger partial charge on any atom is -0.352 e. The molecular formula is C40H30BIrN2Y-4. The van der Waals surface area contributed by atoms with E-state index in [4.69, 9.17) is 0 Å². The Kier molecular flexibility index (Phi) is 13.2. The van der Waals surface area contributed by atoms with Crippen molar-refractivity contribution in [2.75, 3.05) is 0 Å². The van der Waals surface area contributed by atoms with Gasteiger partial charge in [0.25, 0.3) is 0 Å². The summed E-state index contributed by atoms with van der Waals surface area (Å²) in [6, 6.07) is 52.4. The summed E-state index contributed by atoms with van der Waals surface area (Å²) in [7, 11) is 0. The molecule has 5 aromatic carbocycles. The Morgan fingerprint density at radius 1 is 0.578 bits per heavy atom. The van der Waals surface area contributed by atoms with Crippen LogP contribution in [0.4, 0.5) is 0 Å². The third-order valence-corrected chi connectivity index (χ3v) is 7.21. The smallest absolute Gasteiger partial charge is 0.0163 e. The molecule has 0 unspecified atom stereocenters. The number of rotatable bonds is 3. The van der Waals surface area contributed by atoms with Crippen LogP contribution < -0.4 is 0 Å². The fourth-order valence-electron chi connectivity index (χ4n) is 4.90. The van der Waals surface area contributed by atoms with E-state index in [9.17, 15) is 0 Å². The third kappa shape index (κ3) is 8.72. The predicted molar refractivity (Wildman–Crippen MR) is 180 cm³/mol. The second-order valence-electron chi connectivity index (χ2n) is 11.2. The van der Waals surface area contributed by atoms with Crippen LogP contribution >= 0.6 is 0 Å². The molecule has 0 saturated carbocycles. The summed E-state index contributed by atoms with van der Waals surface area (Å²) >= 11 is 0. The Morgan fingerprint density at radius 2 is 1.29 bits per heavy atom. The van der Waals surface area contributed by atoms with Gasteiger partial charge < -0.3 is 16.0 Å². The molecule has 0 aliphatic heterocycles. The maximum Gasteiger partial charge on any atom is 0.0163 e. The molecule has 0 N–H and O–H groups in total. The number of fused-ring (bicyclic) bond motifs is 3. The zero-order valence-corrected chi connectivity index (χ0v) is 30.7. The van der Waals surface area contributed by atoms with Gasteiger partial charge in [0.1, 0.15) is 0 Å². The molecule has 0 atom stereocenters. The zero-order chi connectivity index (χ0) is 28.9. The molecule has 5 radical (unpaired) electrons. The van der Waals surface area contributed by atoms with E-state index in [1.54, 1.807) is 6.20 Å². The normalized spacial score (nSPS) is 10.5. The summed E-state index contributed by atoms with van der Waals surface area (Å²) < 4.78 is 0. The molecule has 2 aromatic heterocycles. The van der Waals surface area contributed by atoms with Crippen molar-refractivity contribution in [1.82, 2.24) is 9.97 Å². The number of nitrogens with zero attached hydrogens (tertiary/aromatic N) is 2. The van der Waals surface area contributed by atoms with Crippen molar-refractivity contribution >= 4 is 30.0 Å². The topological polar surface area (TPSA) is 25.8 Å². The fourth-order valence-corrected chi connectivity index (χ4v) is 4.90. The number of hydrogen-bond acceptors (Lipinski definition) is 2. The van der Waals surface area contributed by atoms with Crippen LogP contribution in [0.1, 0.15) is 26.3 Å². The second kappa shape index (κ2) is 16.3. The summed E-state index contributed by atoms with van der Waals surface area (Å²) in [6.45, 7) is 6.63. The Hall–Kier alpha value is -3.26. The van der Waals surface area contributed by atoms with Gasteiger partial charge in [0.2, 0.25) is 0 Å². The molecular weight excluding hydrogens is 800 g/mol. The molecule has 45 heavy (non-hydrogen) atoms. The minimum absolute atomic E-state index is 0.